The van der Waals surface area contributed by atoms with Crippen molar-refractivity contribution in [2.45, 2.75) is 79.2 Å². The van der Waals surface area contributed by atoms with Gasteiger partial charge in [-0.05, 0) is 85.8 Å². The fourth-order valence-electron chi connectivity index (χ4n) is 8.20. The van der Waals surface area contributed by atoms with E-state index in [2.05, 4.69) is 31.3 Å². The lowest BCUT2D eigenvalue weighted by Gasteiger charge is -2.49. The van der Waals surface area contributed by atoms with Gasteiger partial charge in [0.1, 0.15) is 33.9 Å². The zero-order valence-electron chi connectivity index (χ0n) is 43.3. The Labute approximate surface area is 465 Å². The first-order valence-corrected chi connectivity index (χ1v) is 27.9. The summed E-state index contributed by atoms with van der Waals surface area (Å²) in [4.78, 5) is 94.3. The van der Waals surface area contributed by atoms with Crippen LogP contribution in [0.4, 0.5) is 5.13 Å². The predicted molar refractivity (Wildman–Crippen MR) is 294 cm³/mol. The van der Waals surface area contributed by atoms with Gasteiger partial charge in [0.15, 0.2) is 22.3 Å². The molecule has 25 heteroatoms. The topological polar surface area (TPSA) is 259 Å². The molecule has 1 fully saturated rings. The van der Waals surface area contributed by atoms with Crippen molar-refractivity contribution in [2.75, 3.05) is 37.5 Å². The summed E-state index contributed by atoms with van der Waals surface area (Å²) in [5, 5.41) is 34.8. The summed E-state index contributed by atoms with van der Waals surface area (Å²) in [6.45, 7) is 8.48. The zero-order valence-corrected chi connectivity index (χ0v) is 46.5. The lowest BCUT2D eigenvalue weighted by Crippen LogP contribution is -2.71. The largest absolute Gasteiger partial charge is 0.477 e. The molecule has 0 aliphatic carbocycles. The summed E-state index contributed by atoms with van der Waals surface area (Å²) in [5.41, 5.74) is -1.27. The number of rotatable bonds is 22. The van der Waals surface area contributed by atoms with Crippen molar-refractivity contribution in [3.63, 3.8) is 0 Å². The van der Waals surface area contributed by atoms with Crippen molar-refractivity contribution in [1.82, 2.24) is 40.3 Å². The van der Waals surface area contributed by atoms with Crippen molar-refractivity contribution < 1.29 is 52.9 Å². The minimum absolute atomic E-state index is 0.0165. The fraction of sp³-hybridized carbons (Fsp3) is 0.302. The third-order valence-electron chi connectivity index (χ3n) is 11.6. The van der Waals surface area contributed by atoms with E-state index in [9.17, 15) is 33.9 Å². The Kier molecular flexibility index (Phi) is 18.0. The summed E-state index contributed by atoms with van der Waals surface area (Å²) in [7, 11) is 3.84. The number of nitrogens with zero attached hydrogens (tertiary/aromatic N) is 8. The van der Waals surface area contributed by atoms with Gasteiger partial charge in [0, 0.05) is 42.2 Å². The van der Waals surface area contributed by atoms with Crippen molar-refractivity contribution in [3.8, 4) is 11.5 Å². The number of anilines is 1. The number of carboxylic acids is 1. The van der Waals surface area contributed by atoms with Crippen LogP contribution in [-0.4, -0.2) is 136 Å². The maximum absolute atomic E-state index is 14.9. The molecule has 0 unspecified atom stereocenters. The first-order chi connectivity index (χ1) is 37.3. The van der Waals surface area contributed by atoms with Crippen LogP contribution in [-0.2, 0) is 50.4 Å². The van der Waals surface area contributed by atoms with Gasteiger partial charge in [0.2, 0.25) is 5.16 Å². The number of aromatic nitrogens is 5. The molecule has 3 atom stereocenters. The molecule has 21 nitrogen and oxygen atoms in total. The van der Waals surface area contributed by atoms with E-state index in [1.165, 1.54) is 55.6 Å². The Morgan fingerprint density at radius 2 is 1.50 bits per heavy atom. The standard InChI is InChI=1S/C53H54N10O11S4/c1-31(64)71-39-24-23-37(27-40(39)72-32(2)65)78-49(48(70)73-52(3,4)5)74-58-41(38-30-76-50(54-38)56-53(34-17-11-8-12-18-34,35-19-13-9-14-20-35)36-21-15-10-16-22-36)44(66)55-42-45(67)63-43(47(68)69)33(28-75-46(42)63)29-77-51-57-59-60-62(51)26-25-61(6)7/h8-24,27,30,42,46,49H,25-26,28-29H2,1-7H3,(H,54,56)(H,55,66)(H,68,69)/t42-,46+,49-/m1/s1. The number of thioether (sulfide) groups is 3. The first kappa shape index (κ1) is 56.6. The highest BCUT2D eigenvalue weighted by Crippen LogP contribution is 2.43. The van der Waals surface area contributed by atoms with Gasteiger partial charge in [-0.1, -0.05) is 120 Å². The van der Waals surface area contributed by atoms with Gasteiger partial charge in [0.05, 0.1) is 6.54 Å². The van der Waals surface area contributed by atoms with Crippen molar-refractivity contribution >= 4 is 93.2 Å². The SMILES string of the molecule is CC(=O)Oc1ccc(S[C@@H](ON=C(C(=O)N[C@@H]2C(=O)N3C(C(=O)O)=C(CSc4nnnn4CCN(C)C)CS[C@@H]23)c2csc(NC(c3ccccc3)(c3ccccc3)c3ccccc3)n2)C(=O)OC(C)(C)C)cc1OC(C)=O. The van der Waals surface area contributed by atoms with E-state index in [0.29, 0.717) is 29.0 Å². The molecule has 2 aliphatic heterocycles. The average Bonchev–Trinajstić information content (AvgIpc) is 4.18. The third-order valence-corrected chi connectivity index (χ3v) is 15.7. The summed E-state index contributed by atoms with van der Waals surface area (Å²) in [5.74, 6) is -5.03. The average molecular weight is 1140 g/mol. The van der Waals surface area contributed by atoms with Crippen LogP contribution in [0.1, 0.15) is 57.0 Å². The number of ether oxygens (including phenoxy) is 3. The maximum atomic E-state index is 14.9. The van der Waals surface area contributed by atoms with E-state index in [4.69, 9.17) is 24.0 Å². The number of amides is 2. The zero-order chi connectivity index (χ0) is 55.7. The number of esters is 3. The van der Waals surface area contributed by atoms with Crippen molar-refractivity contribution in [3.05, 3.63) is 148 Å². The normalized spacial score (nSPS) is 15.9. The number of hydrogen-bond donors (Lipinski definition) is 3. The van der Waals surface area contributed by atoms with E-state index < -0.39 is 69.4 Å². The number of thiazole rings is 1. The van der Waals surface area contributed by atoms with E-state index in [-0.39, 0.29) is 39.3 Å². The number of hydrogen-bond acceptors (Lipinski definition) is 21. The Balaban J connectivity index is 1.15. The van der Waals surface area contributed by atoms with Gasteiger partial charge in [-0.3, -0.25) is 24.1 Å². The minimum atomic E-state index is -1.64. The number of aliphatic carboxylic acids is 1. The highest BCUT2D eigenvalue weighted by Gasteiger charge is 2.54. The monoisotopic (exact) mass is 1130 g/mol. The summed E-state index contributed by atoms with van der Waals surface area (Å²) in [6, 6.07) is 32.3. The number of nitrogens with one attached hydrogen (secondary N) is 2. The Bertz CT molecular complexity index is 3150. The highest BCUT2D eigenvalue weighted by molar-refractivity contribution is 8.01. The molecule has 0 radical (unpaired) electrons. The molecule has 3 N–H and O–H groups in total. The number of carbonyl (C=O) groups excluding carboxylic acids is 5. The van der Waals surface area contributed by atoms with Crippen LogP contribution >= 0.6 is 46.6 Å². The second-order valence-corrected chi connectivity index (χ2v) is 22.8. The maximum Gasteiger partial charge on any atom is 0.361 e. The fourth-order valence-corrected chi connectivity index (χ4v) is 12.1. The molecular formula is C53H54N10O11S4. The summed E-state index contributed by atoms with van der Waals surface area (Å²) < 4.78 is 17.9. The van der Waals surface area contributed by atoms with Crippen LogP contribution in [0.3, 0.4) is 0 Å². The van der Waals surface area contributed by atoms with Gasteiger partial charge < -0.3 is 39.7 Å². The Morgan fingerprint density at radius 3 is 2.08 bits per heavy atom. The first-order valence-electron chi connectivity index (χ1n) is 24.1. The number of fused-ring (bicyclic) bond motifs is 1. The van der Waals surface area contributed by atoms with E-state index >= 15 is 0 Å². The number of carbonyl (C=O) groups is 6. The molecule has 8 rings (SSSR count). The summed E-state index contributed by atoms with van der Waals surface area (Å²) >= 11 is 4.46. The van der Waals surface area contributed by atoms with Gasteiger partial charge in [0.25, 0.3) is 17.3 Å². The van der Waals surface area contributed by atoms with Crippen LogP contribution < -0.4 is 20.1 Å². The van der Waals surface area contributed by atoms with Gasteiger partial charge in [-0.2, -0.15) is 0 Å². The third kappa shape index (κ3) is 13.4. The molecule has 6 aromatic rings. The number of likely N-dealkylation sites (N-methyl/N-ethyl adjacent to an activating group) is 1. The highest BCUT2D eigenvalue weighted by atomic mass is 32.2. The molecule has 78 heavy (non-hydrogen) atoms. The van der Waals surface area contributed by atoms with E-state index in [1.807, 2.05) is 110 Å². The number of oxime groups is 1. The molecule has 4 aromatic carbocycles. The smallest absolute Gasteiger partial charge is 0.361 e. The molecule has 0 saturated carbocycles. The van der Waals surface area contributed by atoms with Crippen molar-refractivity contribution in [2.24, 2.45) is 5.16 Å². The lowest BCUT2D eigenvalue weighted by atomic mass is 9.77. The van der Waals surface area contributed by atoms with Gasteiger partial charge >= 0.3 is 23.9 Å². The molecule has 2 aromatic heterocycles. The molecule has 2 amide bonds. The van der Waals surface area contributed by atoms with E-state index in [0.717, 1.165) is 44.7 Å². The second-order valence-electron chi connectivity index (χ2n) is 18.7. The second kappa shape index (κ2) is 24.8. The molecule has 4 heterocycles. The van der Waals surface area contributed by atoms with Gasteiger partial charge in [-0.15, -0.1) is 28.2 Å². The van der Waals surface area contributed by atoms with E-state index in [1.54, 1.807) is 30.8 Å². The number of benzene rings is 4. The lowest BCUT2D eigenvalue weighted by molar-refractivity contribution is -0.162. The van der Waals surface area contributed by atoms with Gasteiger partial charge in [-0.25, -0.2) is 19.3 Å². The van der Waals surface area contributed by atoms with Crippen LogP contribution in [0.2, 0.25) is 0 Å². The molecule has 0 bridgehead atoms. The number of β-lactam (4-membered cyclic amide) rings is 1. The molecule has 406 valence electrons. The Morgan fingerprint density at radius 1 is 0.885 bits per heavy atom. The Hall–Kier alpha value is -7.58. The van der Waals surface area contributed by atoms with Crippen LogP contribution in [0.15, 0.2) is 141 Å². The van der Waals surface area contributed by atoms with Crippen LogP contribution in [0.5, 0.6) is 11.5 Å². The minimum Gasteiger partial charge on any atom is -0.477 e. The quantitative estimate of drug-likeness (QED) is 0.00938. The van der Waals surface area contributed by atoms with Crippen molar-refractivity contribution in [1.29, 1.82) is 0 Å². The molecular weight excluding hydrogens is 1080 g/mol. The van der Waals surface area contributed by atoms with Crippen LogP contribution in [0.25, 0.3) is 0 Å². The molecule has 2 aliphatic rings. The molecule has 1 saturated heterocycles. The number of carboxylic acid groups (broad SMARTS) is 1. The van der Waals surface area contributed by atoms with Crippen LogP contribution in [0, 0.1) is 0 Å². The summed E-state index contributed by atoms with van der Waals surface area (Å²) in [6.07, 6.45) is 0. The molecule has 0 spiro atoms. The predicted octanol–water partition coefficient (Wildman–Crippen LogP) is 6.66. The number of tetrazole rings is 1.